The third-order valence-electron chi connectivity index (χ3n) is 2.62. The van der Waals surface area contributed by atoms with Crippen LogP contribution in [-0.2, 0) is 11.2 Å². The second-order valence-corrected chi connectivity index (χ2v) is 4.05. The number of carbonyl (C=O) groups excluding carboxylic acids is 1. The van der Waals surface area contributed by atoms with Gasteiger partial charge in [-0.15, -0.1) is 0 Å². The number of amides is 1. The number of anilines is 1. The third kappa shape index (κ3) is 3.33. The average Bonchev–Trinajstić information content (AvgIpc) is 2.41. The third-order valence-corrected chi connectivity index (χ3v) is 2.62. The van der Waals surface area contributed by atoms with E-state index in [4.69, 9.17) is 5.26 Å². The van der Waals surface area contributed by atoms with Gasteiger partial charge in [-0.1, -0.05) is 24.3 Å². The summed E-state index contributed by atoms with van der Waals surface area (Å²) < 4.78 is 0. The molecule has 0 saturated heterocycles. The number of nitrogens with zero attached hydrogens (tertiary/aromatic N) is 1. The van der Waals surface area contributed by atoms with Gasteiger partial charge in [-0.3, -0.25) is 4.79 Å². The van der Waals surface area contributed by atoms with E-state index in [0.29, 0.717) is 16.8 Å². The smallest absolute Gasteiger partial charge is 0.228 e. The topological polar surface area (TPSA) is 73.1 Å². The Kier molecular flexibility index (Phi) is 3.79. The maximum absolute atomic E-state index is 11.8. The lowest BCUT2D eigenvalue weighted by molar-refractivity contribution is -0.115. The van der Waals surface area contributed by atoms with Crippen molar-refractivity contribution in [3.63, 3.8) is 0 Å². The van der Waals surface area contributed by atoms with Crippen LogP contribution < -0.4 is 5.32 Å². The first kappa shape index (κ1) is 12.7. The molecule has 0 unspecified atom stereocenters. The molecule has 19 heavy (non-hydrogen) atoms. The molecule has 4 nitrogen and oxygen atoms in total. The number of carbonyl (C=O) groups is 1. The number of aromatic hydroxyl groups is 1. The Balaban J connectivity index is 2.06. The van der Waals surface area contributed by atoms with Crippen molar-refractivity contribution in [1.82, 2.24) is 0 Å². The Morgan fingerprint density at radius 3 is 2.74 bits per heavy atom. The number of hydrogen-bond acceptors (Lipinski definition) is 3. The van der Waals surface area contributed by atoms with Crippen LogP contribution in [0.1, 0.15) is 11.1 Å². The fourth-order valence-corrected chi connectivity index (χ4v) is 1.70. The zero-order chi connectivity index (χ0) is 13.7. The molecule has 0 radical (unpaired) electrons. The molecule has 94 valence electrons. The molecule has 2 aromatic rings. The summed E-state index contributed by atoms with van der Waals surface area (Å²) in [6.07, 6.45) is 0.0868. The van der Waals surface area contributed by atoms with Crippen LogP contribution in [0.25, 0.3) is 0 Å². The van der Waals surface area contributed by atoms with E-state index in [1.165, 1.54) is 0 Å². The highest BCUT2D eigenvalue weighted by atomic mass is 16.3. The van der Waals surface area contributed by atoms with Gasteiger partial charge >= 0.3 is 0 Å². The highest BCUT2D eigenvalue weighted by molar-refractivity contribution is 5.92. The largest absolute Gasteiger partial charge is 0.508 e. The van der Waals surface area contributed by atoms with E-state index in [9.17, 15) is 9.90 Å². The summed E-state index contributed by atoms with van der Waals surface area (Å²) in [6, 6.07) is 15.4. The SMILES string of the molecule is N#Cc1cccc(NC(=O)Cc2ccccc2O)c1. The highest BCUT2D eigenvalue weighted by Crippen LogP contribution is 2.17. The minimum atomic E-state index is -0.239. The summed E-state index contributed by atoms with van der Waals surface area (Å²) in [7, 11) is 0. The van der Waals surface area contributed by atoms with Crippen LogP contribution in [0.4, 0.5) is 5.69 Å². The van der Waals surface area contributed by atoms with Crippen LogP contribution >= 0.6 is 0 Å². The summed E-state index contributed by atoms with van der Waals surface area (Å²) in [6.45, 7) is 0. The van der Waals surface area contributed by atoms with Crippen LogP contribution in [0.2, 0.25) is 0 Å². The van der Waals surface area contributed by atoms with Crippen molar-refractivity contribution in [3.05, 3.63) is 59.7 Å². The molecule has 0 atom stereocenters. The molecule has 0 bridgehead atoms. The summed E-state index contributed by atoms with van der Waals surface area (Å²) >= 11 is 0. The molecular formula is C15H12N2O2. The predicted octanol–water partition coefficient (Wildman–Crippen LogP) is 2.45. The minimum Gasteiger partial charge on any atom is -0.508 e. The van der Waals surface area contributed by atoms with E-state index in [2.05, 4.69) is 5.32 Å². The number of nitrogens with one attached hydrogen (secondary N) is 1. The van der Waals surface area contributed by atoms with E-state index in [1.807, 2.05) is 6.07 Å². The zero-order valence-electron chi connectivity index (χ0n) is 10.1. The molecule has 2 aromatic carbocycles. The lowest BCUT2D eigenvalue weighted by atomic mass is 10.1. The van der Waals surface area contributed by atoms with Crippen molar-refractivity contribution in [3.8, 4) is 11.8 Å². The van der Waals surface area contributed by atoms with Crippen LogP contribution in [0.5, 0.6) is 5.75 Å². The van der Waals surface area contributed by atoms with Gasteiger partial charge < -0.3 is 10.4 Å². The van der Waals surface area contributed by atoms with Gasteiger partial charge in [0.1, 0.15) is 5.75 Å². The van der Waals surface area contributed by atoms with Gasteiger partial charge in [0.2, 0.25) is 5.91 Å². The van der Waals surface area contributed by atoms with Crippen molar-refractivity contribution in [2.45, 2.75) is 6.42 Å². The average molecular weight is 252 g/mol. The second-order valence-electron chi connectivity index (χ2n) is 4.05. The van der Waals surface area contributed by atoms with Gasteiger partial charge in [-0.05, 0) is 24.3 Å². The van der Waals surface area contributed by atoms with E-state index in [0.717, 1.165) is 0 Å². The number of phenols is 1. The van der Waals surface area contributed by atoms with E-state index < -0.39 is 0 Å². The van der Waals surface area contributed by atoms with Gasteiger partial charge in [-0.2, -0.15) is 5.26 Å². The van der Waals surface area contributed by atoms with Gasteiger partial charge in [0.05, 0.1) is 18.1 Å². The Morgan fingerprint density at radius 2 is 2.00 bits per heavy atom. The first-order valence-electron chi connectivity index (χ1n) is 5.76. The number of benzene rings is 2. The predicted molar refractivity (Wildman–Crippen MR) is 71.6 cm³/mol. The first-order chi connectivity index (χ1) is 9.19. The van der Waals surface area contributed by atoms with E-state index in [-0.39, 0.29) is 18.1 Å². The van der Waals surface area contributed by atoms with Crippen molar-refractivity contribution in [1.29, 1.82) is 5.26 Å². The number of phenolic OH excluding ortho intramolecular Hbond substituents is 1. The molecule has 2 rings (SSSR count). The maximum atomic E-state index is 11.8. The van der Waals surface area contributed by atoms with Crippen molar-refractivity contribution < 1.29 is 9.90 Å². The molecule has 0 heterocycles. The Labute approximate surface area is 110 Å². The normalized spacial score (nSPS) is 9.63. The van der Waals surface area contributed by atoms with Crippen molar-refractivity contribution >= 4 is 11.6 Å². The molecule has 1 amide bonds. The van der Waals surface area contributed by atoms with Gasteiger partial charge in [0, 0.05) is 11.3 Å². The molecule has 0 aliphatic rings. The number of para-hydroxylation sites is 1. The van der Waals surface area contributed by atoms with Crippen molar-refractivity contribution in [2.75, 3.05) is 5.32 Å². The lowest BCUT2D eigenvalue weighted by Gasteiger charge is -2.06. The van der Waals surface area contributed by atoms with Gasteiger partial charge in [-0.25, -0.2) is 0 Å². The van der Waals surface area contributed by atoms with Crippen LogP contribution in [0.15, 0.2) is 48.5 Å². The van der Waals surface area contributed by atoms with E-state index in [1.54, 1.807) is 48.5 Å². The molecule has 0 spiro atoms. The lowest BCUT2D eigenvalue weighted by Crippen LogP contribution is -2.14. The standard InChI is InChI=1S/C15H12N2O2/c16-10-11-4-3-6-13(8-11)17-15(19)9-12-5-1-2-7-14(12)18/h1-8,18H,9H2,(H,17,19). The van der Waals surface area contributed by atoms with E-state index >= 15 is 0 Å². The van der Waals surface area contributed by atoms with Gasteiger partial charge in [0.25, 0.3) is 0 Å². The minimum absolute atomic E-state index is 0.0868. The molecule has 0 fully saturated rings. The number of rotatable bonds is 3. The Bertz CT molecular complexity index is 645. The molecule has 0 aliphatic carbocycles. The molecular weight excluding hydrogens is 240 g/mol. The monoisotopic (exact) mass is 252 g/mol. The summed E-state index contributed by atoms with van der Waals surface area (Å²) in [5.41, 5.74) is 1.62. The van der Waals surface area contributed by atoms with Gasteiger partial charge in [0.15, 0.2) is 0 Å². The number of nitriles is 1. The number of hydrogen-bond donors (Lipinski definition) is 2. The molecule has 0 aliphatic heterocycles. The summed E-state index contributed by atoms with van der Waals surface area (Å²) in [5.74, 6) is -0.139. The molecule has 0 aromatic heterocycles. The fourth-order valence-electron chi connectivity index (χ4n) is 1.70. The highest BCUT2D eigenvalue weighted by Gasteiger charge is 2.07. The van der Waals surface area contributed by atoms with Crippen molar-refractivity contribution in [2.24, 2.45) is 0 Å². The Morgan fingerprint density at radius 1 is 1.21 bits per heavy atom. The molecule has 2 N–H and O–H groups in total. The Hall–Kier alpha value is -2.80. The maximum Gasteiger partial charge on any atom is 0.228 e. The summed E-state index contributed by atoms with van der Waals surface area (Å²) in [4.78, 5) is 11.8. The fraction of sp³-hybridized carbons (Fsp3) is 0.0667. The molecule has 4 heteroatoms. The summed E-state index contributed by atoms with van der Waals surface area (Å²) in [5, 5.41) is 21.0. The van der Waals surface area contributed by atoms with Crippen LogP contribution in [-0.4, -0.2) is 11.0 Å². The van der Waals surface area contributed by atoms with Crippen LogP contribution in [0, 0.1) is 11.3 Å². The quantitative estimate of drug-likeness (QED) is 0.881. The van der Waals surface area contributed by atoms with Crippen LogP contribution in [0.3, 0.4) is 0 Å². The second kappa shape index (κ2) is 5.69. The molecule has 0 saturated carbocycles. The zero-order valence-corrected chi connectivity index (χ0v) is 10.1. The first-order valence-corrected chi connectivity index (χ1v) is 5.76.